The molecule has 1 heterocycles. The quantitative estimate of drug-likeness (QED) is 0.853. The molecule has 2 N–H and O–H groups in total. The number of aromatic nitrogens is 1. The lowest BCUT2D eigenvalue weighted by molar-refractivity contribution is -0.122. The average molecular weight is 250 g/mol. The zero-order valence-corrected chi connectivity index (χ0v) is 10.3. The predicted octanol–water partition coefficient (Wildman–Crippen LogP) is 1.64. The summed E-state index contributed by atoms with van der Waals surface area (Å²) in [5.74, 6) is -1.02. The summed E-state index contributed by atoms with van der Waals surface area (Å²) in [7, 11) is 0. The summed E-state index contributed by atoms with van der Waals surface area (Å²) in [6.07, 6.45) is 8.81. The minimum atomic E-state index is -0.971. The largest absolute Gasteiger partial charge is 0.478 e. The van der Waals surface area contributed by atoms with Crippen LogP contribution in [0.1, 0.15) is 42.5 Å². The van der Waals surface area contributed by atoms with Crippen LogP contribution in [-0.2, 0) is 11.3 Å². The predicted molar refractivity (Wildman–Crippen MR) is 66.4 cm³/mol. The van der Waals surface area contributed by atoms with E-state index in [4.69, 9.17) is 5.11 Å². The maximum absolute atomic E-state index is 11.8. The van der Waals surface area contributed by atoms with Crippen molar-refractivity contribution < 1.29 is 14.7 Å². The van der Waals surface area contributed by atoms with Gasteiger partial charge in [-0.1, -0.05) is 19.3 Å². The standard InChI is InChI=1S/C13H18N2O3/c16-12(14-11-4-2-1-3-5-11)9-15-7-6-10(8-15)13(17)18/h6-8,11H,1-5,9H2,(H,14,16)(H,17,18). The molecule has 18 heavy (non-hydrogen) atoms. The lowest BCUT2D eigenvalue weighted by Crippen LogP contribution is -2.38. The fourth-order valence-electron chi connectivity index (χ4n) is 2.35. The molecule has 5 heteroatoms. The topological polar surface area (TPSA) is 71.3 Å². The summed E-state index contributed by atoms with van der Waals surface area (Å²) in [4.78, 5) is 22.5. The number of carbonyl (C=O) groups excluding carboxylic acids is 1. The molecule has 0 radical (unpaired) electrons. The van der Waals surface area contributed by atoms with Crippen molar-refractivity contribution in [1.82, 2.24) is 9.88 Å². The summed E-state index contributed by atoms with van der Waals surface area (Å²) in [6, 6.07) is 1.79. The summed E-state index contributed by atoms with van der Waals surface area (Å²) in [5, 5.41) is 11.8. The number of aromatic carboxylic acids is 1. The molecule has 1 fully saturated rings. The Balaban J connectivity index is 1.84. The van der Waals surface area contributed by atoms with Crippen LogP contribution in [0.3, 0.4) is 0 Å². The van der Waals surface area contributed by atoms with E-state index in [9.17, 15) is 9.59 Å². The van der Waals surface area contributed by atoms with Crippen LogP contribution in [0.5, 0.6) is 0 Å². The summed E-state index contributed by atoms with van der Waals surface area (Å²) < 4.78 is 1.60. The fraction of sp³-hybridized carbons (Fsp3) is 0.538. The van der Waals surface area contributed by atoms with Crippen LogP contribution in [0.2, 0.25) is 0 Å². The van der Waals surface area contributed by atoms with Gasteiger partial charge in [-0.25, -0.2) is 4.79 Å². The van der Waals surface area contributed by atoms with Crippen molar-refractivity contribution in [2.75, 3.05) is 0 Å². The molecule has 1 saturated carbocycles. The van der Waals surface area contributed by atoms with Crippen LogP contribution in [0.15, 0.2) is 18.5 Å². The van der Waals surface area contributed by atoms with Crippen LogP contribution in [0, 0.1) is 0 Å². The Bertz CT molecular complexity index is 433. The number of hydrogen-bond acceptors (Lipinski definition) is 2. The van der Waals surface area contributed by atoms with E-state index in [2.05, 4.69) is 5.32 Å². The van der Waals surface area contributed by atoms with Gasteiger partial charge in [0.05, 0.1) is 5.56 Å². The van der Waals surface area contributed by atoms with Crippen LogP contribution in [-0.4, -0.2) is 27.6 Å². The molecule has 0 aromatic carbocycles. The normalized spacial score (nSPS) is 16.4. The fourth-order valence-corrected chi connectivity index (χ4v) is 2.35. The van der Waals surface area contributed by atoms with Gasteiger partial charge in [-0.2, -0.15) is 0 Å². The molecule has 1 aliphatic carbocycles. The van der Waals surface area contributed by atoms with Gasteiger partial charge in [0.25, 0.3) is 0 Å². The molecule has 0 aliphatic heterocycles. The lowest BCUT2D eigenvalue weighted by atomic mass is 9.95. The number of rotatable bonds is 4. The zero-order valence-electron chi connectivity index (χ0n) is 10.3. The maximum Gasteiger partial charge on any atom is 0.337 e. The van der Waals surface area contributed by atoms with Crippen molar-refractivity contribution in [2.45, 2.75) is 44.7 Å². The molecule has 1 amide bonds. The number of carboxylic acid groups (broad SMARTS) is 1. The Morgan fingerprint density at radius 1 is 1.33 bits per heavy atom. The Labute approximate surface area is 106 Å². The molecule has 0 bridgehead atoms. The van der Waals surface area contributed by atoms with E-state index in [1.165, 1.54) is 31.5 Å². The smallest absolute Gasteiger partial charge is 0.337 e. The summed E-state index contributed by atoms with van der Waals surface area (Å²) in [6.45, 7) is 0.184. The highest BCUT2D eigenvalue weighted by molar-refractivity contribution is 5.87. The Kier molecular flexibility index (Phi) is 4.02. The molecule has 1 aromatic rings. The van der Waals surface area contributed by atoms with E-state index in [0.717, 1.165) is 12.8 Å². The highest BCUT2D eigenvalue weighted by Gasteiger charge is 2.15. The minimum Gasteiger partial charge on any atom is -0.478 e. The number of hydrogen-bond donors (Lipinski definition) is 2. The summed E-state index contributed by atoms with van der Waals surface area (Å²) >= 11 is 0. The first-order valence-corrected chi connectivity index (χ1v) is 6.33. The SMILES string of the molecule is O=C(Cn1ccc(C(=O)O)c1)NC1CCCCC1. The molecule has 0 spiro atoms. The van der Waals surface area contributed by atoms with Gasteiger partial charge < -0.3 is 15.0 Å². The van der Waals surface area contributed by atoms with Crippen molar-refractivity contribution in [3.63, 3.8) is 0 Å². The van der Waals surface area contributed by atoms with E-state index in [1.807, 2.05) is 0 Å². The Hall–Kier alpha value is -1.78. The third-order valence-electron chi connectivity index (χ3n) is 3.29. The van der Waals surface area contributed by atoms with E-state index in [-0.39, 0.29) is 18.0 Å². The van der Waals surface area contributed by atoms with Crippen molar-refractivity contribution in [3.05, 3.63) is 24.0 Å². The maximum atomic E-state index is 11.8. The van der Waals surface area contributed by atoms with Crippen LogP contribution in [0.4, 0.5) is 0 Å². The average Bonchev–Trinajstić information content (AvgIpc) is 2.78. The first-order chi connectivity index (χ1) is 8.65. The van der Waals surface area contributed by atoms with Gasteiger partial charge in [0.15, 0.2) is 0 Å². The van der Waals surface area contributed by atoms with Gasteiger partial charge in [-0.15, -0.1) is 0 Å². The molecule has 0 unspecified atom stereocenters. The third-order valence-corrected chi connectivity index (χ3v) is 3.29. The van der Waals surface area contributed by atoms with Gasteiger partial charge in [0.1, 0.15) is 6.54 Å². The molecule has 1 aromatic heterocycles. The second kappa shape index (κ2) is 5.71. The van der Waals surface area contributed by atoms with Crippen LogP contribution in [0.25, 0.3) is 0 Å². The molecule has 2 rings (SSSR count). The number of nitrogens with zero attached hydrogens (tertiary/aromatic N) is 1. The zero-order chi connectivity index (χ0) is 13.0. The summed E-state index contributed by atoms with van der Waals surface area (Å²) in [5.41, 5.74) is 0.209. The van der Waals surface area contributed by atoms with Crippen molar-refractivity contribution in [1.29, 1.82) is 0 Å². The van der Waals surface area contributed by atoms with E-state index < -0.39 is 5.97 Å². The van der Waals surface area contributed by atoms with Crippen LogP contribution >= 0.6 is 0 Å². The third kappa shape index (κ3) is 3.35. The number of carbonyl (C=O) groups is 2. The van der Waals surface area contributed by atoms with Crippen molar-refractivity contribution in [3.8, 4) is 0 Å². The second-order valence-corrected chi connectivity index (χ2v) is 4.78. The molecular formula is C13H18N2O3. The molecule has 5 nitrogen and oxygen atoms in total. The van der Waals surface area contributed by atoms with E-state index in [0.29, 0.717) is 6.04 Å². The van der Waals surface area contributed by atoms with Gasteiger partial charge >= 0.3 is 5.97 Å². The lowest BCUT2D eigenvalue weighted by Gasteiger charge is -2.22. The number of nitrogens with one attached hydrogen (secondary N) is 1. The molecule has 1 aliphatic rings. The first kappa shape index (κ1) is 12.7. The molecule has 0 saturated heterocycles. The van der Waals surface area contributed by atoms with Gasteiger partial charge in [-0.05, 0) is 18.9 Å². The number of amides is 1. The van der Waals surface area contributed by atoms with Gasteiger partial charge in [0.2, 0.25) is 5.91 Å². The van der Waals surface area contributed by atoms with Gasteiger partial charge in [0, 0.05) is 18.4 Å². The highest BCUT2D eigenvalue weighted by Crippen LogP contribution is 2.17. The van der Waals surface area contributed by atoms with Crippen LogP contribution < -0.4 is 5.32 Å². The minimum absolute atomic E-state index is 0.0468. The molecular weight excluding hydrogens is 232 g/mol. The first-order valence-electron chi connectivity index (χ1n) is 6.33. The second-order valence-electron chi connectivity index (χ2n) is 4.78. The van der Waals surface area contributed by atoms with Crippen molar-refractivity contribution >= 4 is 11.9 Å². The molecule has 98 valence electrons. The Morgan fingerprint density at radius 2 is 2.06 bits per heavy atom. The number of carboxylic acids is 1. The van der Waals surface area contributed by atoms with E-state index in [1.54, 1.807) is 10.8 Å². The molecule has 0 atom stereocenters. The van der Waals surface area contributed by atoms with Crippen molar-refractivity contribution in [2.24, 2.45) is 0 Å². The van der Waals surface area contributed by atoms with Gasteiger partial charge in [-0.3, -0.25) is 4.79 Å². The highest BCUT2D eigenvalue weighted by atomic mass is 16.4. The monoisotopic (exact) mass is 250 g/mol. The Morgan fingerprint density at radius 3 is 2.67 bits per heavy atom. The van der Waals surface area contributed by atoms with E-state index >= 15 is 0 Å².